The van der Waals surface area contributed by atoms with E-state index >= 15 is 0 Å². The molecule has 0 saturated carbocycles. The number of allylic oxidation sites excluding steroid dienone is 1. The minimum absolute atomic E-state index is 0.206. The molecule has 0 aliphatic carbocycles. The molecule has 172 valence electrons. The van der Waals surface area contributed by atoms with Crippen LogP contribution in [0, 0.1) is 17.7 Å². The Bertz CT molecular complexity index is 1230. The van der Waals surface area contributed by atoms with E-state index < -0.39 is 0 Å². The lowest BCUT2D eigenvalue weighted by atomic mass is 9.90. The molecule has 0 bridgehead atoms. The van der Waals surface area contributed by atoms with Gasteiger partial charge in [-0.15, -0.1) is 0 Å². The van der Waals surface area contributed by atoms with Gasteiger partial charge < -0.3 is 26.1 Å². The van der Waals surface area contributed by atoms with Gasteiger partial charge in [-0.05, 0) is 30.7 Å². The molecule has 10 nitrogen and oxygen atoms in total. The van der Waals surface area contributed by atoms with Crippen LogP contribution in [0.5, 0.6) is 6.01 Å². The Morgan fingerprint density at radius 3 is 2.61 bits per heavy atom. The highest BCUT2D eigenvalue weighted by atomic mass is 16.5. The standard InChI is InChI=1S/C23H28N8O2/c1-13-7-8-14(21(32)30-18(25-5)10-17(24)23(2,3)4)9-15(13)29-20-19-16(27-12-28-20)11-26-22(31-19)33-6/h7-12,24-25H,1-6H3,(H,30,32)(H,27,28,29)/b18-10+,24-17?. The summed E-state index contributed by atoms with van der Waals surface area (Å²) in [6.45, 7) is 7.75. The number of methoxy groups -OCH3 is 1. The van der Waals surface area contributed by atoms with E-state index in [0.29, 0.717) is 39.6 Å². The molecule has 4 N–H and O–H groups in total. The Labute approximate surface area is 192 Å². The van der Waals surface area contributed by atoms with E-state index in [-0.39, 0.29) is 17.3 Å². The summed E-state index contributed by atoms with van der Waals surface area (Å²) < 4.78 is 5.11. The fraction of sp³-hybridized carbons (Fsp3) is 0.304. The van der Waals surface area contributed by atoms with E-state index in [4.69, 9.17) is 10.1 Å². The van der Waals surface area contributed by atoms with E-state index in [1.54, 1.807) is 31.5 Å². The lowest BCUT2D eigenvalue weighted by Gasteiger charge is -2.19. The number of hydrogen-bond acceptors (Lipinski definition) is 9. The van der Waals surface area contributed by atoms with Crippen LogP contribution in [0.4, 0.5) is 11.5 Å². The Morgan fingerprint density at radius 2 is 1.94 bits per heavy atom. The molecule has 10 heteroatoms. The van der Waals surface area contributed by atoms with Crippen LogP contribution < -0.4 is 20.7 Å². The summed E-state index contributed by atoms with van der Waals surface area (Å²) >= 11 is 0. The van der Waals surface area contributed by atoms with Crippen LogP contribution in [-0.4, -0.2) is 45.7 Å². The highest BCUT2D eigenvalue weighted by Crippen LogP contribution is 2.25. The fourth-order valence-electron chi connectivity index (χ4n) is 2.78. The van der Waals surface area contributed by atoms with E-state index in [1.807, 2.05) is 33.8 Å². The number of benzene rings is 1. The predicted molar refractivity (Wildman–Crippen MR) is 128 cm³/mol. The van der Waals surface area contributed by atoms with Crippen LogP contribution in [-0.2, 0) is 0 Å². The normalized spacial score (nSPS) is 11.8. The Hall–Kier alpha value is -4.08. The number of fused-ring (bicyclic) bond motifs is 1. The summed E-state index contributed by atoms with van der Waals surface area (Å²) in [5.74, 6) is 0.605. The number of carbonyl (C=O) groups excluding carboxylic acids is 1. The van der Waals surface area contributed by atoms with Crippen molar-refractivity contribution in [1.29, 1.82) is 5.41 Å². The lowest BCUT2D eigenvalue weighted by Crippen LogP contribution is -2.31. The summed E-state index contributed by atoms with van der Waals surface area (Å²) in [5, 5.41) is 17.2. The first kappa shape index (κ1) is 23.6. The minimum atomic E-state index is -0.333. The smallest absolute Gasteiger partial charge is 0.316 e. The molecule has 0 saturated heterocycles. The molecular weight excluding hydrogens is 420 g/mol. The second-order valence-electron chi connectivity index (χ2n) is 8.39. The van der Waals surface area contributed by atoms with Gasteiger partial charge in [0.05, 0.1) is 13.3 Å². The number of carbonyl (C=O) groups is 1. The topological polar surface area (TPSA) is 138 Å². The van der Waals surface area contributed by atoms with Crippen molar-refractivity contribution in [3.63, 3.8) is 0 Å². The van der Waals surface area contributed by atoms with Crippen molar-refractivity contribution in [1.82, 2.24) is 30.6 Å². The summed E-state index contributed by atoms with van der Waals surface area (Å²) in [6, 6.07) is 5.52. The van der Waals surface area contributed by atoms with Crippen molar-refractivity contribution < 1.29 is 9.53 Å². The molecule has 0 unspecified atom stereocenters. The molecule has 0 atom stereocenters. The molecule has 2 aromatic heterocycles. The van der Waals surface area contributed by atoms with Crippen LogP contribution in [0.25, 0.3) is 11.0 Å². The van der Waals surface area contributed by atoms with E-state index in [9.17, 15) is 4.79 Å². The highest BCUT2D eigenvalue weighted by molar-refractivity contribution is 6.00. The van der Waals surface area contributed by atoms with Crippen molar-refractivity contribution in [3.8, 4) is 6.01 Å². The van der Waals surface area contributed by atoms with Gasteiger partial charge in [-0.1, -0.05) is 26.8 Å². The van der Waals surface area contributed by atoms with Gasteiger partial charge in [0, 0.05) is 29.4 Å². The molecule has 3 aromatic rings. The maximum atomic E-state index is 12.9. The molecule has 2 heterocycles. The number of anilines is 2. The summed E-state index contributed by atoms with van der Waals surface area (Å²) in [7, 11) is 3.18. The molecule has 0 aliphatic heterocycles. The van der Waals surface area contributed by atoms with E-state index in [1.165, 1.54) is 13.4 Å². The first-order valence-corrected chi connectivity index (χ1v) is 10.3. The van der Waals surface area contributed by atoms with Crippen molar-refractivity contribution in [2.75, 3.05) is 19.5 Å². The molecule has 0 spiro atoms. The Morgan fingerprint density at radius 1 is 1.18 bits per heavy atom. The van der Waals surface area contributed by atoms with Crippen LogP contribution in [0.3, 0.4) is 0 Å². The molecule has 1 amide bonds. The zero-order valence-corrected chi connectivity index (χ0v) is 19.6. The molecule has 1 aromatic carbocycles. The molecule has 0 aliphatic rings. The van der Waals surface area contributed by atoms with Crippen molar-refractivity contribution >= 4 is 34.2 Å². The van der Waals surface area contributed by atoms with Gasteiger partial charge in [0.1, 0.15) is 23.2 Å². The monoisotopic (exact) mass is 448 g/mol. The van der Waals surface area contributed by atoms with Gasteiger partial charge in [0.2, 0.25) is 0 Å². The Kier molecular flexibility index (Phi) is 6.86. The first-order chi connectivity index (χ1) is 15.6. The van der Waals surface area contributed by atoms with E-state index in [0.717, 1.165) is 5.56 Å². The number of rotatable bonds is 7. The quantitative estimate of drug-likeness (QED) is 0.404. The van der Waals surface area contributed by atoms with Crippen LogP contribution in [0.2, 0.25) is 0 Å². The maximum absolute atomic E-state index is 12.9. The number of hydrogen-bond donors (Lipinski definition) is 4. The van der Waals surface area contributed by atoms with Gasteiger partial charge in [-0.2, -0.15) is 4.98 Å². The maximum Gasteiger partial charge on any atom is 0.316 e. The zero-order chi connectivity index (χ0) is 24.2. The van der Waals surface area contributed by atoms with Crippen LogP contribution in [0.1, 0.15) is 36.7 Å². The minimum Gasteiger partial charge on any atom is -0.467 e. The summed E-state index contributed by atoms with van der Waals surface area (Å²) in [6.07, 6.45) is 4.59. The van der Waals surface area contributed by atoms with Crippen molar-refractivity contribution in [2.24, 2.45) is 5.41 Å². The molecule has 3 rings (SSSR count). The van der Waals surface area contributed by atoms with Crippen LogP contribution in [0.15, 0.2) is 42.6 Å². The first-order valence-electron chi connectivity index (χ1n) is 10.3. The number of aromatic nitrogens is 4. The second kappa shape index (κ2) is 9.60. The Balaban J connectivity index is 1.88. The van der Waals surface area contributed by atoms with Gasteiger partial charge >= 0.3 is 6.01 Å². The summed E-state index contributed by atoms with van der Waals surface area (Å²) in [4.78, 5) is 29.8. The van der Waals surface area contributed by atoms with E-state index in [2.05, 4.69) is 35.9 Å². The second-order valence-corrected chi connectivity index (χ2v) is 8.39. The number of aryl methyl sites for hydroxylation is 1. The number of nitrogens with zero attached hydrogens (tertiary/aromatic N) is 4. The van der Waals surface area contributed by atoms with Crippen molar-refractivity contribution in [3.05, 3.63) is 53.7 Å². The molecule has 0 fully saturated rings. The fourth-order valence-corrected chi connectivity index (χ4v) is 2.78. The lowest BCUT2D eigenvalue weighted by molar-refractivity contribution is 0.0963. The predicted octanol–water partition coefficient (Wildman–Crippen LogP) is 3.34. The zero-order valence-electron chi connectivity index (χ0n) is 19.6. The molecule has 33 heavy (non-hydrogen) atoms. The average Bonchev–Trinajstić information content (AvgIpc) is 2.79. The van der Waals surface area contributed by atoms with Crippen molar-refractivity contribution in [2.45, 2.75) is 27.7 Å². The number of ether oxygens (including phenoxy) is 1. The SMILES string of the molecule is CN/C(=C\C(=N)C(C)(C)C)NC(=O)c1ccc(C)c(Nc2ncnc3cnc(OC)nc23)c1. The largest absolute Gasteiger partial charge is 0.467 e. The van der Waals surface area contributed by atoms with Crippen LogP contribution >= 0.6 is 0 Å². The van der Waals surface area contributed by atoms with Gasteiger partial charge in [0.25, 0.3) is 5.91 Å². The van der Waals surface area contributed by atoms with Gasteiger partial charge in [-0.3, -0.25) is 4.79 Å². The third kappa shape index (κ3) is 5.59. The summed E-state index contributed by atoms with van der Waals surface area (Å²) in [5.41, 5.74) is 3.17. The third-order valence-corrected chi connectivity index (χ3v) is 4.90. The van der Waals surface area contributed by atoms with Gasteiger partial charge in [-0.25, -0.2) is 15.0 Å². The van der Waals surface area contributed by atoms with Gasteiger partial charge in [0.15, 0.2) is 5.82 Å². The number of nitrogens with one attached hydrogen (secondary N) is 4. The molecular formula is C23H28N8O2. The average molecular weight is 449 g/mol. The number of amides is 1. The molecule has 0 radical (unpaired) electrons. The highest BCUT2D eigenvalue weighted by Gasteiger charge is 2.17. The third-order valence-electron chi connectivity index (χ3n) is 4.90.